The highest BCUT2D eigenvalue weighted by atomic mass is 79.9. The van der Waals surface area contributed by atoms with E-state index in [0.717, 1.165) is 5.69 Å². The van der Waals surface area contributed by atoms with Crippen LogP contribution in [0.2, 0.25) is 5.15 Å². The van der Waals surface area contributed by atoms with Crippen LogP contribution in [-0.2, 0) is 11.3 Å². The van der Waals surface area contributed by atoms with Crippen molar-refractivity contribution in [2.45, 2.75) is 13.5 Å². The number of aromatic nitrogens is 3. The van der Waals surface area contributed by atoms with Gasteiger partial charge in [0.2, 0.25) is 0 Å². The van der Waals surface area contributed by atoms with Crippen molar-refractivity contribution in [3.8, 4) is 11.5 Å². The summed E-state index contributed by atoms with van der Waals surface area (Å²) in [4.78, 5) is 13.0. The Kier molecular flexibility index (Phi) is 4.27. The van der Waals surface area contributed by atoms with Gasteiger partial charge in [-0.3, -0.25) is 0 Å². The van der Waals surface area contributed by atoms with E-state index in [4.69, 9.17) is 16.3 Å². The van der Waals surface area contributed by atoms with E-state index >= 15 is 0 Å². The molecule has 0 atom stereocenters. The molecule has 6 heteroatoms. The quantitative estimate of drug-likeness (QED) is 0.810. The molecule has 0 bridgehead atoms. The lowest BCUT2D eigenvalue weighted by atomic mass is 10.3. The topological polar surface area (TPSA) is 47.9 Å². The summed E-state index contributed by atoms with van der Waals surface area (Å²) >= 11 is 9.41. The fourth-order valence-corrected chi connectivity index (χ4v) is 1.96. The molecular formula is C12H11BrClN3O. The van der Waals surface area contributed by atoms with Crippen LogP contribution in [-0.4, -0.2) is 22.1 Å². The van der Waals surface area contributed by atoms with E-state index in [1.54, 1.807) is 7.11 Å². The summed E-state index contributed by atoms with van der Waals surface area (Å²) in [6, 6.07) is 5.68. The minimum Gasteiger partial charge on any atom is -0.378 e. The van der Waals surface area contributed by atoms with E-state index < -0.39 is 0 Å². The number of hydrogen-bond acceptors (Lipinski definition) is 4. The highest BCUT2D eigenvalue weighted by molar-refractivity contribution is 9.10. The third kappa shape index (κ3) is 2.85. The predicted octanol–water partition coefficient (Wildman–Crippen LogP) is 3.41. The number of halogens is 2. The Bertz CT molecular complexity index is 577. The van der Waals surface area contributed by atoms with Crippen molar-refractivity contribution >= 4 is 27.5 Å². The van der Waals surface area contributed by atoms with E-state index in [1.165, 1.54) is 0 Å². The smallest absolute Gasteiger partial charge is 0.179 e. The van der Waals surface area contributed by atoms with Crippen LogP contribution in [0, 0.1) is 6.92 Å². The average Bonchev–Trinajstić information content (AvgIpc) is 2.35. The SMILES string of the molecule is COCc1nc(-c2cccc(C)n2)nc(Cl)c1Br. The van der Waals surface area contributed by atoms with Gasteiger partial charge in [-0.05, 0) is 35.0 Å². The Labute approximate surface area is 119 Å². The lowest BCUT2D eigenvalue weighted by Gasteiger charge is -2.07. The fraction of sp³-hybridized carbons (Fsp3) is 0.250. The van der Waals surface area contributed by atoms with Gasteiger partial charge in [0, 0.05) is 12.8 Å². The van der Waals surface area contributed by atoms with E-state index in [9.17, 15) is 0 Å². The molecule has 0 N–H and O–H groups in total. The number of methoxy groups -OCH3 is 1. The number of aryl methyl sites for hydroxylation is 1. The largest absolute Gasteiger partial charge is 0.378 e. The molecular weight excluding hydrogens is 318 g/mol. The Hall–Kier alpha value is -1.04. The third-order valence-corrected chi connectivity index (χ3v) is 3.61. The molecule has 0 aliphatic heterocycles. The zero-order valence-corrected chi connectivity index (χ0v) is 12.3. The van der Waals surface area contributed by atoms with Gasteiger partial charge in [0.25, 0.3) is 0 Å². The molecule has 2 aromatic heterocycles. The summed E-state index contributed by atoms with van der Waals surface area (Å²) < 4.78 is 5.73. The minimum absolute atomic E-state index is 0.357. The van der Waals surface area contributed by atoms with Gasteiger partial charge in [-0.15, -0.1) is 0 Å². The molecule has 2 rings (SSSR count). The molecule has 2 aromatic rings. The molecule has 0 aliphatic carbocycles. The number of nitrogens with zero attached hydrogens (tertiary/aromatic N) is 3. The standard InChI is InChI=1S/C12H11BrClN3O/c1-7-4-3-5-8(15-7)12-16-9(6-18-2)10(13)11(14)17-12/h3-5H,6H2,1-2H3. The van der Waals surface area contributed by atoms with Gasteiger partial charge in [0.15, 0.2) is 5.82 Å². The second-order valence-corrected chi connectivity index (χ2v) is 4.85. The molecule has 0 fully saturated rings. The molecule has 0 aromatic carbocycles. The van der Waals surface area contributed by atoms with Crippen LogP contribution in [0.4, 0.5) is 0 Å². The summed E-state index contributed by atoms with van der Waals surface area (Å²) in [5.74, 6) is 0.499. The van der Waals surface area contributed by atoms with Crippen LogP contribution >= 0.6 is 27.5 Å². The number of ether oxygens (including phenoxy) is 1. The number of hydrogen-bond donors (Lipinski definition) is 0. The van der Waals surface area contributed by atoms with Crippen molar-refractivity contribution in [1.29, 1.82) is 0 Å². The van der Waals surface area contributed by atoms with Crippen molar-refractivity contribution in [3.63, 3.8) is 0 Å². The van der Waals surface area contributed by atoms with E-state index in [0.29, 0.717) is 33.4 Å². The Morgan fingerprint density at radius 2 is 2.06 bits per heavy atom. The first-order valence-electron chi connectivity index (χ1n) is 5.26. The first-order valence-corrected chi connectivity index (χ1v) is 6.44. The van der Waals surface area contributed by atoms with E-state index in [-0.39, 0.29) is 0 Å². The summed E-state index contributed by atoms with van der Waals surface area (Å²) in [7, 11) is 1.60. The second-order valence-electron chi connectivity index (χ2n) is 3.70. The van der Waals surface area contributed by atoms with Gasteiger partial charge in [-0.2, -0.15) is 0 Å². The maximum atomic E-state index is 6.06. The van der Waals surface area contributed by atoms with Gasteiger partial charge in [-0.1, -0.05) is 17.7 Å². The van der Waals surface area contributed by atoms with Crippen LogP contribution < -0.4 is 0 Å². The maximum absolute atomic E-state index is 6.06. The molecule has 0 saturated heterocycles. The van der Waals surface area contributed by atoms with Gasteiger partial charge in [-0.25, -0.2) is 15.0 Å². The van der Waals surface area contributed by atoms with Gasteiger partial charge in [0.05, 0.1) is 16.8 Å². The predicted molar refractivity (Wildman–Crippen MR) is 73.4 cm³/mol. The summed E-state index contributed by atoms with van der Waals surface area (Å²) in [6.07, 6.45) is 0. The average molecular weight is 329 g/mol. The highest BCUT2D eigenvalue weighted by Crippen LogP contribution is 2.26. The summed E-state index contributed by atoms with van der Waals surface area (Å²) in [5, 5.41) is 0.357. The molecule has 0 radical (unpaired) electrons. The van der Waals surface area contributed by atoms with E-state index in [1.807, 2.05) is 25.1 Å². The normalized spacial score (nSPS) is 10.7. The molecule has 0 spiro atoms. The molecule has 4 nitrogen and oxygen atoms in total. The Balaban J connectivity index is 2.51. The Morgan fingerprint density at radius 1 is 1.28 bits per heavy atom. The van der Waals surface area contributed by atoms with Gasteiger partial charge in [0.1, 0.15) is 10.8 Å². The first-order chi connectivity index (χ1) is 8.61. The van der Waals surface area contributed by atoms with Crippen LogP contribution in [0.3, 0.4) is 0 Å². The van der Waals surface area contributed by atoms with E-state index in [2.05, 4.69) is 30.9 Å². The molecule has 0 aliphatic rings. The van der Waals surface area contributed by atoms with Crippen LogP contribution in [0.15, 0.2) is 22.7 Å². The highest BCUT2D eigenvalue weighted by Gasteiger charge is 2.12. The minimum atomic E-state index is 0.357. The van der Waals surface area contributed by atoms with Crippen molar-refractivity contribution in [3.05, 3.63) is 39.2 Å². The van der Waals surface area contributed by atoms with Crippen LogP contribution in [0.1, 0.15) is 11.4 Å². The molecule has 0 amide bonds. The van der Waals surface area contributed by atoms with Crippen molar-refractivity contribution in [1.82, 2.24) is 15.0 Å². The lowest BCUT2D eigenvalue weighted by Crippen LogP contribution is -2.01. The lowest BCUT2D eigenvalue weighted by molar-refractivity contribution is 0.181. The third-order valence-electron chi connectivity index (χ3n) is 2.28. The number of pyridine rings is 1. The molecule has 2 heterocycles. The molecule has 0 saturated carbocycles. The van der Waals surface area contributed by atoms with Gasteiger partial charge < -0.3 is 4.74 Å². The second kappa shape index (κ2) is 5.73. The van der Waals surface area contributed by atoms with Crippen LogP contribution in [0.25, 0.3) is 11.5 Å². The van der Waals surface area contributed by atoms with Gasteiger partial charge >= 0.3 is 0 Å². The summed E-state index contributed by atoms with van der Waals surface area (Å²) in [6.45, 7) is 2.28. The van der Waals surface area contributed by atoms with Crippen molar-refractivity contribution in [2.24, 2.45) is 0 Å². The zero-order chi connectivity index (χ0) is 13.1. The van der Waals surface area contributed by atoms with Crippen molar-refractivity contribution < 1.29 is 4.74 Å². The molecule has 18 heavy (non-hydrogen) atoms. The monoisotopic (exact) mass is 327 g/mol. The van der Waals surface area contributed by atoms with Crippen LogP contribution in [0.5, 0.6) is 0 Å². The molecule has 0 unspecified atom stereocenters. The maximum Gasteiger partial charge on any atom is 0.179 e. The van der Waals surface area contributed by atoms with Crippen molar-refractivity contribution in [2.75, 3.05) is 7.11 Å². The molecule has 94 valence electrons. The zero-order valence-electron chi connectivity index (χ0n) is 9.94. The first kappa shape index (κ1) is 13.4. The summed E-state index contributed by atoms with van der Waals surface area (Å²) in [5.41, 5.74) is 2.31. The Morgan fingerprint density at radius 3 is 2.72 bits per heavy atom. The fourth-order valence-electron chi connectivity index (χ4n) is 1.48. The number of rotatable bonds is 3.